The van der Waals surface area contributed by atoms with Crippen LogP contribution in [0, 0.1) is 0 Å². The maximum atomic E-state index is 14.1. The first-order valence-corrected chi connectivity index (χ1v) is 15.9. The molecule has 2 aromatic heterocycles. The molecule has 3 fully saturated rings. The van der Waals surface area contributed by atoms with Crippen LogP contribution < -0.4 is 20.5 Å². The van der Waals surface area contributed by atoms with E-state index in [9.17, 15) is 28.2 Å². The van der Waals surface area contributed by atoms with Crippen LogP contribution in [0.3, 0.4) is 0 Å². The molecule has 3 aliphatic rings. The van der Waals surface area contributed by atoms with Crippen LogP contribution in [0.25, 0.3) is 0 Å². The molecule has 0 spiro atoms. The van der Waals surface area contributed by atoms with Gasteiger partial charge >= 0.3 is 6.18 Å². The predicted octanol–water partition coefficient (Wildman–Crippen LogP) is 2.84. The number of alkyl halides is 3. The van der Waals surface area contributed by atoms with Crippen molar-refractivity contribution < 1.29 is 32.9 Å². The van der Waals surface area contributed by atoms with Crippen molar-refractivity contribution in [2.45, 2.75) is 81.8 Å². The van der Waals surface area contributed by atoms with Gasteiger partial charge in [0.05, 0.1) is 44.4 Å². The van der Waals surface area contributed by atoms with E-state index in [-0.39, 0.29) is 19.2 Å². The first kappa shape index (κ1) is 33.1. The minimum absolute atomic E-state index is 0.0308. The van der Waals surface area contributed by atoms with Crippen LogP contribution in [0.1, 0.15) is 55.2 Å². The molecule has 3 N–H and O–H groups in total. The zero-order chi connectivity index (χ0) is 33.3. The number of aliphatic hydroxyl groups excluding tert-OH is 2. The topological polar surface area (TPSA) is 138 Å². The SMILES string of the molecule is COc1ccc(Cn2ncc(N[C@@H](C)CO[C@@H]3CCN([C@@H]4CCN(c5ncc(C6CC6)cn5)C[C@H]4O)[C@@H]3O)c(C(F)(F)F)c2=O)cc1. The van der Waals surface area contributed by atoms with E-state index in [2.05, 4.69) is 20.4 Å². The van der Waals surface area contributed by atoms with Gasteiger partial charge in [-0.3, -0.25) is 9.69 Å². The summed E-state index contributed by atoms with van der Waals surface area (Å²) in [5.41, 5.74) is -1.32. The van der Waals surface area contributed by atoms with Crippen molar-refractivity contribution in [2.24, 2.45) is 0 Å². The summed E-state index contributed by atoms with van der Waals surface area (Å²) < 4.78 is 54.1. The van der Waals surface area contributed by atoms with Crippen molar-refractivity contribution in [2.75, 3.05) is 43.6 Å². The number of hydrogen-bond donors (Lipinski definition) is 3. The number of piperidine rings is 1. The van der Waals surface area contributed by atoms with Gasteiger partial charge in [-0.25, -0.2) is 14.6 Å². The van der Waals surface area contributed by atoms with Crippen LogP contribution in [0.2, 0.25) is 0 Å². The number of ether oxygens (including phenoxy) is 2. The molecule has 15 heteroatoms. The number of nitrogens with one attached hydrogen (secondary N) is 1. The third kappa shape index (κ3) is 7.53. The average molecular weight is 660 g/mol. The normalized spacial score (nSPS) is 24.4. The number of β-amino-alcohol motifs (C(OH)–C–C–N with tert-alkyl or cyclic N) is 1. The average Bonchev–Trinajstić information content (AvgIpc) is 3.84. The van der Waals surface area contributed by atoms with Crippen LogP contribution in [0.5, 0.6) is 5.75 Å². The second-order valence-electron chi connectivity index (χ2n) is 12.6. The molecule has 1 aliphatic carbocycles. The summed E-state index contributed by atoms with van der Waals surface area (Å²) in [6, 6.07) is 5.67. The molecule has 12 nitrogen and oxygen atoms in total. The Balaban J connectivity index is 1.03. The van der Waals surface area contributed by atoms with Gasteiger partial charge in [-0.2, -0.15) is 18.3 Å². The third-order valence-corrected chi connectivity index (χ3v) is 9.09. The fourth-order valence-corrected chi connectivity index (χ4v) is 6.38. The molecule has 2 saturated heterocycles. The predicted molar refractivity (Wildman–Crippen MR) is 166 cm³/mol. The van der Waals surface area contributed by atoms with Gasteiger partial charge in [0.25, 0.3) is 5.56 Å². The molecule has 3 aromatic rings. The Morgan fingerprint density at radius 2 is 1.77 bits per heavy atom. The summed E-state index contributed by atoms with van der Waals surface area (Å²) in [5.74, 6) is 1.72. The van der Waals surface area contributed by atoms with Crippen LogP contribution >= 0.6 is 0 Å². The quantitative estimate of drug-likeness (QED) is 0.280. The van der Waals surface area contributed by atoms with Gasteiger partial charge in [0, 0.05) is 44.1 Å². The van der Waals surface area contributed by atoms with Gasteiger partial charge < -0.3 is 29.9 Å². The monoisotopic (exact) mass is 659 g/mol. The molecule has 1 saturated carbocycles. The van der Waals surface area contributed by atoms with Gasteiger partial charge in [-0.15, -0.1) is 0 Å². The van der Waals surface area contributed by atoms with Gasteiger partial charge in [-0.05, 0) is 61.8 Å². The molecule has 254 valence electrons. The van der Waals surface area contributed by atoms with E-state index in [1.54, 1.807) is 31.2 Å². The Labute approximate surface area is 270 Å². The third-order valence-electron chi connectivity index (χ3n) is 9.09. The smallest absolute Gasteiger partial charge is 0.423 e. The molecule has 0 amide bonds. The maximum Gasteiger partial charge on any atom is 0.423 e. The first-order valence-electron chi connectivity index (χ1n) is 15.9. The molecule has 5 atom stereocenters. The Bertz CT molecular complexity index is 1570. The molecule has 0 unspecified atom stereocenters. The Morgan fingerprint density at radius 1 is 1.04 bits per heavy atom. The van der Waals surface area contributed by atoms with Crippen LogP contribution in [-0.4, -0.2) is 98.7 Å². The number of aliphatic hydroxyl groups is 2. The number of halogens is 3. The van der Waals surface area contributed by atoms with Crippen molar-refractivity contribution in [3.05, 3.63) is 69.9 Å². The highest BCUT2D eigenvalue weighted by atomic mass is 19.4. The number of rotatable bonds is 11. The molecular weight excluding hydrogens is 619 g/mol. The number of hydrogen-bond acceptors (Lipinski definition) is 11. The van der Waals surface area contributed by atoms with E-state index in [1.807, 2.05) is 22.2 Å². The van der Waals surface area contributed by atoms with E-state index in [0.29, 0.717) is 55.7 Å². The second kappa shape index (κ2) is 13.7. The summed E-state index contributed by atoms with van der Waals surface area (Å²) in [6.07, 6.45) is 0.884. The number of aromatic nitrogens is 4. The van der Waals surface area contributed by atoms with Crippen molar-refractivity contribution >= 4 is 11.6 Å². The Hall–Kier alpha value is -3.79. The molecule has 0 bridgehead atoms. The minimum Gasteiger partial charge on any atom is -0.497 e. The molecule has 2 aliphatic heterocycles. The molecule has 0 radical (unpaired) electrons. The van der Waals surface area contributed by atoms with Crippen molar-refractivity contribution in [3.63, 3.8) is 0 Å². The number of nitrogens with zero attached hydrogens (tertiary/aromatic N) is 6. The zero-order valence-electron chi connectivity index (χ0n) is 26.3. The highest BCUT2D eigenvalue weighted by Gasteiger charge is 2.43. The lowest BCUT2D eigenvalue weighted by Crippen LogP contribution is -2.56. The molecule has 1 aromatic carbocycles. The lowest BCUT2D eigenvalue weighted by atomic mass is 10.0. The van der Waals surface area contributed by atoms with Crippen molar-refractivity contribution in [1.82, 2.24) is 24.6 Å². The van der Waals surface area contributed by atoms with Crippen LogP contribution in [0.15, 0.2) is 47.7 Å². The maximum absolute atomic E-state index is 14.1. The van der Waals surface area contributed by atoms with Gasteiger partial charge in [-0.1, -0.05) is 12.1 Å². The number of anilines is 2. The van der Waals surface area contributed by atoms with Crippen LogP contribution in [0.4, 0.5) is 24.8 Å². The summed E-state index contributed by atoms with van der Waals surface area (Å²) in [7, 11) is 1.50. The zero-order valence-corrected chi connectivity index (χ0v) is 26.3. The standard InChI is InChI=1S/C32H40F3N7O5/c1-19(39-24-15-38-42(30(45)28(24)32(33,34)35)16-20-3-7-23(46-2)8-4-20)18-47-27-10-12-41(29(27)44)25-9-11-40(17-26(25)43)31-36-13-22(14-37-31)21-5-6-21/h3-4,7-8,13-15,19,21,25-27,29,39,43-44H,5-6,9-12,16-18H2,1-2H3/t19-,25+,26+,27+,29+/m0/s1. The van der Waals surface area contributed by atoms with Gasteiger partial charge in [0.15, 0.2) is 0 Å². The van der Waals surface area contributed by atoms with Gasteiger partial charge in [0.1, 0.15) is 17.5 Å². The fraction of sp³-hybridized carbons (Fsp3) is 0.562. The number of likely N-dealkylation sites (tertiary alicyclic amines) is 1. The first-order chi connectivity index (χ1) is 22.5. The van der Waals surface area contributed by atoms with E-state index in [1.165, 1.54) is 20.0 Å². The molecular formula is C32H40F3N7O5. The molecule has 6 rings (SSSR count). The van der Waals surface area contributed by atoms with Crippen molar-refractivity contribution in [1.29, 1.82) is 0 Å². The van der Waals surface area contributed by atoms with Crippen LogP contribution in [-0.2, 0) is 17.5 Å². The number of benzene rings is 1. The van der Waals surface area contributed by atoms with Gasteiger partial charge in [0.2, 0.25) is 5.95 Å². The highest BCUT2D eigenvalue weighted by molar-refractivity contribution is 5.50. The highest BCUT2D eigenvalue weighted by Crippen LogP contribution is 2.39. The van der Waals surface area contributed by atoms with E-state index in [0.717, 1.165) is 16.4 Å². The van der Waals surface area contributed by atoms with E-state index >= 15 is 0 Å². The summed E-state index contributed by atoms with van der Waals surface area (Å²) in [4.78, 5) is 25.7. The second-order valence-corrected chi connectivity index (χ2v) is 12.6. The lowest BCUT2D eigenvalue weighted by Gasteiger charge is -2.41. The molecule has 47 heavy (non-hydrogen) atoms. The molecule has 4 heterocycles. The number of methoxy groups -OCH3 is 1. The lowest BCUT2D eigenvalue weighted by molar-refractivity contribution is -0.138. The van der Waals surface area contributed by atoms with E-state index in [4.69, 9.17) is 9.47 Å². The fourth-order valence-electron chi connectivity index (χ4n) is 6.38. The summed E-state index contributed by atoms with van der Waals surface area (Å²) in [5, 5.41) is 28.8. The van der Waals surface area contributed by atoms with E-state index < -0.39 is 47.5 Å². The summed E-state index contributed by atoms with van der Waals surface area (Å²) >= 11 is 0. The van der Waals surface area contributed by atoms with Crippen molar-refractivity contribution in [3.8, 4) is 5.75 Å². The Morgan fingerprint density at radius 3 is 2.40 bits per heavy atom. The largest absolute Gasteiger partial charge is 0.497 e. The Kier molecular flexibility index (Phi) is 9.69. The summed E-state index contributed by atoms with van der Waals surface area (Å²) in [6.45, 7) is 2.90. The minimum atomic E-state index is -4.92.